The van der Waals surface area contributed by atoms with E-state index < -0.39 is 11.6 Å². The van der Waals surface area contributed by atoms with Gasteiger partial charge in [0.15, 0.2) is 0 Å². The van der Waals surface area contributed by atoms with Crippen LogP contribution in [0, 0.1) is 23.0 Å². The van der Waals surface area contributed by atoms with Crippen molar-refractivity contribution in [3.8, 4) is 17.2 Å². The van der Waals surface area contributed by atoms with E-state index >= 15 is 0 Å². The zero-order valence-corrected chi connectivity index (χ0v) is 9.30. The lowest BCUT2D eigenvalue weighted by atomic mass is 10.0. The number of hydrogen-bond donors (Lipinski definition) is 0. The predicted octanol–water partition coefficient (Wildman–Crippen LogP) is 4.16. The van der Waals surface area contributed by atoms with Crippen molar-refractivity contribution in [3.63, 3.8) is 0 Å². The van der Waals surface area contributed by atoms with Crippen LogP contribution in [0.1, 0.15) is 5.56 Å². The van der Waals surface area contributed by atoms with Crippen molar-refractivity contribution in [2.45, 2.75) is 0 Å². The summed E-state index contributed by atoms with van der Waals surface area (Å²) in [6.45, 7) is 0. The summed E-state index contributed by atoms with van der Waals surface area (Å²) in [5.74, 6) is -1.32. The van der Waals surface area contributed by atoms with Gasteiger partial charge in [-0.2, -0.15) is 5.26 Å². The van der Waals surface area contributed by atoms with Gasteiger partial charge in [-0.1, -0.05) is 29.8 Å². The molecule has 0 saturated carbocycles. The molecule has 0 aliphatic rings. The highest BCUT2D eigenvalue weighted by Crippen LogP contribution is 2.29. The topological polar surface area (TPSA) is 23.8 Å². The average Bonchev–Trinajstić information content (AvgIpc) is 2.33. The zero-order chi connectivity index (χ0) is 12.4. The van der Waals surface area contributed by atoms with E-state index in [2.05, 4.69) is 0 Å². The quantitative estimate of drug-likeness (QED) is 0.745. The first-order valence-corrected chi connectivity index (χ1v) is 5.15. The Bertz CT molecular complexity index is 617. The van der Waals surface area contributed by atoms with Crippen LogP contribution < -0.4 is 0 Å². The van der Waals surface area contributed by atoms with Crippen molar-refractivity contribution in [3.05, 3.63) is 58.6 Å². The van der Waals surface area contributed by atoms with Crippen molar-refractivity contribution < 1.29 is 8.78 Å². The van der Waals surface area contributed by atoms with Crippen LogP contribution in [0.3, 0.4) is 0 Å². The molecule has 0 atom stereocenters. The molecule has 2 aromatic carbocycles. The Morgan fingerprint density at radius 1 is 1.06 bits per heavy atom. The molecule has 4 heteroatoms. The van der Waals surface area contributed by atoms with E-state index in [1.165, 1.54) is 24.3 Å². The predicted molar refractivity (Wildman–Crippen MR) is 61.5 cm³/mol. The van der Waals surface area contributed by atoms with Gasteiger partial charge >= 0.3 is 0 Å². The SMILES string of the molecule is N#Cc1ccc(-c2cccc(Cl)c2F)c(F)c1. The second-order valence-electron chi connectivity index (χ2n) is 3.41. The second kappa shape index (κ2) is 4.52. The first-order valence-electron chi connectivity index (χ1n) is 4.77. The van der Waals surface area contributed by atoms with E-state index in [-0.39, 0.29) is 21.7 Å². The maximum absolute atomic E-state index is 13.7. The summed E-state index contributed by atoms with van der Waals surface area (Å²) in [5, 5.41) is 8.55. The fourth-order valence-corrected chi connectivity index (χ4v) is 1.69. The lowest BCUT2D eigenvalue weighted by Crippen LogP contribution is -1.90. The number of nitrogens with zero attached hydrogens (tertiary/aromatic N) is 1. The molecule has 2 aromatic rings. The average molecular weight is 250 g/mol. The van der Waals surface area contributed by atoms with Crippen LogP contribution >= 0.6 is 11.6 Å². The smallest absolute Gasteiger partial charge is 0.149 e. The summed E-state index contributed by atoms with van der Waals surface area (Å²) in [4.78, 5) is 0. The van der Waals surface area contributed by atoms with Crippen molar-refractivity contribution in [2.24, 2.45) is 0 Å². The third-order valence-corrected chi connectivity index (χ3v) is 2.63. The zero-order valence-electron chi connectivity index (χ0n) is 8.55. The minimum absolute atomic E-state index is 0.0636. The van der Waals surface area contributed by atoms with Crippen LogP contribution in [-0.4, -0.2) is 0 Å². The summed E-state index contributed by atoms with van der Waals surface area (Å²) in [5.41, 5.74) is 0.358. The fourth-order valence-electron chi connectivity index (χ4n) is 1.51. The minimum Gasteiger partial charge on any atom is -0.206 e. The van der Waals surface area contributed by atoms with Crippen LogP contribution in [0.5, 0.6) is 0 Å². The summed E-state index contributed by atoms with van der Waals surface area (Å²) in [6, 6.07) is 10.0. The molecule has 1 nitrogen and oxygen atoms in total. The Hall–Kier alpha value is -1.92. The van der Waals surface area contributed by atoms with E-state index in [9.17, 15) is 8.78 Å². The van der Waals surface area contributed by atoms with Crippen LogP contribution in [0.25, 0.3) is 11.1 Å². The molecule has 0 radical (unpaired) electrons. The number of hydrogen-bond acceptors (Lipinski definition) is 1. The summed E-state index contributed by atoms with van der Waals surface area (Å²) < 4.78 is 27.4. The van der Waals surface area contributed by atoms with Crippen molar-refractivity contribution in [1.29, 1.82) is 5.26 Å². The van der Waals surface area contributed by atoms with Crippen LogP contribution in [0.2, 0.25) is 5.02 Å². The maximum atomic E-state index is 13.7. The first kappa shape index (κ1) is 11.6. The Kier molecular flexibility index (Phi) is 3.08. The number of rotatable bonds is 1. The molecule has 0 aromatic heterocycles. The van der Waals surface area contributed by atoms with Gasteiger partial charge in [-0.05, 0) is 18.2 Å². The Labute approximate surface area is 102 Å². The largest absolute Gasteiger partial charge is 0.206 e. The molecule has 0 fully saturated rings. The van der Waals surface area contributed by atoms with Gasteiger partial charge in [0.2, 0.25) is 0 Å². The first-order chi connectivity index (χ1) is 8.13. The molecule has 0 aliphatic carbocycles. The number of halogens is 3. The van der Waals surface area contributed by atoms with E-state index in [1.807, 2.05) is 6.07 Å². The van der Waals surface area contributed by atoms with Crippen molar-refractivity contribution >= 4 is 11.6 Å². The third kappa shape index (κ3) is 2.13. The van der Waals surface area contributed by atoms with Crippen LogP contribution in [0.4, 0.5) is 8.78 Å². The van der Waals surface area contributed by atoms with Gasteiger partial charge in [0, 0.05) is 11.1 Å². The van der Waals surface area contributed by atoms with Crippen LogP contribution in [0.15, 0.2) is 36.4 Å². The van der Waals surface area contributed by atoms with Gasteiger partial charge in [0.25, 0.3) is 0 Å². The summed E-state index contributed by atoms with van der Waals surface area (Å²) >= 11 is 5.62. The van der Waals surface area contributed by atoms with Gasteiger partial charge in [0.1, 0.15) is 11.6 Å². The van der Waals surface area contributed by atoms with E-state index in [4.69, 9.17) is 16.9 Å². The molecular weight excluding hydrogens is 244 g/mol. The molecule has 0 spiro atoms. The van der Waals surface area contributed by atoms with Crippen molar-refractivity contribution in [2.75, 3.05) is 0 Å². The monoisotopic (exact) mass is 249 g/mol. The van der Waals surface area contributed by atoms with Gasteiger partial charge in [-0.3, -0.25) is 0 Å². The van der Waals surface area contributed by atoms with E-state index in [1.54, 1.807) is 6.07 Å². The molecule has 0 N–H and O–H groups in total. The highest BCUT2D eigenvalue weighted by molar-refractivity contribution is 6.31. The van der Waals surface area contributed by atoms with Gasteiger partial charge in [0.05, 0.1) is 16.7 Å². The highest BCUT2D eigenvalue weighted by Gasteiger charge is 2.12. The second-order valence-corrected chi connectivity index (χ2v) is 3.82. The van der Waals surface area contributed by atoms with Gasteiger partial charge in [-0.25, -0.2) is 8.78 Å². The molecule has 17 heavy (non-hydrogen) atoms. The van der Waals surface area contributed by atoms with E-state index in [0.29, 0.717) is 0 Å². The minimum atomic E-state index is -0.669. The molecule has 0 heterocycles. The Morgan fingerprint density at radius 3 is 2.47 bits per heavy atom. The Balaban J connectivity index is 2.62. The van der Waals surface area contributed by atoms with Crippen molar-refractivity contribution in [1.82, 2.24) is 0 Å². The number of benzene rings is 2. The lowest BCUT2D eigenvalue weighted by molar-refractivity contribution is 0.616. The third-order valence-electron chi connectivity index (χ3n) is 2.34. The molecule has 0 unspecified atom stereocenters. The lowest BCUT2D eigenvalue weighted by Gasteiger charge is -2.06. The van der Waals surface area contributed by atoms with Gasteiger partial charge in [-0.15, -0.1) is 0 Å². The maximum Gasteiger partial charge on any atom is 0.149 e. The highest BCUT2D eigenvalue weighted by atomic mass is 35.5. The Morgan fingerprint density at radius 2 is 1.82 bits per heavy atom. The van der Waals surface area contributed by atoms with E-state index in [0.717, 1.165) is 6.07 Å². The molecule has 0 bridgehead atoms. The van der Waals surface area contributed by atoms with Crippen LogP contribution in [-0.2, 0) is 0 Å². The molecular formula is C13H6ClF2N. The molecule has 0 aliphatic heterocycles. The number of nitriles is 1. The molecule has 0 saturated heterocycles. The molecule has 2 rings (SSSR count). The fraction of sp³-hybridized carbons (Fsp3) is 0. The summed E-state index contributed by atoms with van der Waals surface area (Å²) in [7, 11) is 0. The normalized spacial score (nSPS) is 10.0. The molecule has 84 valence electrons. The summed E-state index contributed by atoms with van der Waals surface area (Å²) in [6.07, 6.45) is 0. The van der Waals surface area contributed by atoms with Gasteiger partial charge < -0.3 is 0 Å². The molecule has 0 amide bonds. The standard InChI is InChI=1S/C13H6ClF2N/c14-11-3-1-2-10(13(11)16)9-5-4-8(7-17)6-12(9)15/h1-6H.